The predicted octanol–water partition coefficient (Wildman–Crippen LogP) is 0.414. The van der Waals surface area contributed by atoms with Crippen LogP contribution in [0, 0.1) is 0 Å². The molecule has 1 aromatic heterocycles. The lowest BCUT2D eigenvalue weighted by molar-refractivity contribution is -0.120. The molecule has 5 nitrogen and oxygen atoms in total. The molecule has 0 spiro atoms. The van der Waals surface area contributed by atoms with Gasteiger partial charge in [-0.3, -0.25) is 9.89 Å². The van der Waals surface area contributed by atoms with Crippen LogP contribution in [0.15, 0.2) is 12.3 Å². The summed E-state index contributed by atoms with van der Waals surface area (Å²) in [5.41, 5.74) is 0.866. The van der Waals surface area contributed by atoms with Crippen LogP contribution >= 0.6 is 0 Å². The van der Waals surface area contributed by atoms with Crippen molar-refractivity contribution in [2.24, 2.45) is 0 Å². The monoisotopic (exact) mass is 210 g/mol. The SMILES string of the molecule is CC(C)(C)NCC(=O)NCc1ccn[nH]1. The van der Waals surface area contributed by atoms with Gasteiger partial charge in [0.1, 0.15) is 0 Å². The number of hydrogen-bond donors (Lipinski definition) is 3. The van der Waals surface area contributed by atoms with Gasteiger partial charge in [-0.1, -0.05) is 0 Å². The summed E-state index contributed by atoms with van der Waals surface area (Å²) in [5.74, 6) is -0.0143. The summed E-state index contributed by atoms with van der Waals surface area (Å²) in [5, 5.41) is 12.5. The summed E-state index contributed by atoms with van der Waals surface area (Å²) in [6.07, 6.45) is 1.66. The van der Waals surface area contributed by atoms with Crippen molar-refractivity contribution in [1.29, 1.82) is 0 Å². The van der Waals surface area contributed by atoms with E-state index in [1.54, 1.807) is 6.20 Å². The van der Waals surface area contributed by atoms with E-state index in [0.717, 1.165) is 5.69 Å². The van der Waals surface area contributed by atoms with Gasteiger partial charge in [0.05, 0.1) is 18.8 Å². The average molecular weight is 210 g/mol. The topological polar surface area (TPSA) is 69.8 Å². The Hall–Kier alpha value is -1.36. The minimum absolute atomic E-state index is 0.0143. The van der Waals surface area contributed by atoms with Gasteiger partial charge >= 0.3 is 0 Å². The second-order valence-electron chi connectivity index (χ2n) is 4.46. The molecular weight excluding hydrogens is 192 g/mol. The molecular formula is C10H18N4O. The van der Waals surface area contributed by atoms with Crippen molar-refractivity contribution in [3.05, 3.63) is 18.0 Å². The van der Waals surface area contributed by atoms with Crippen LogP contribution < -0.4 is 10.6 Å². The molecule has 0 aliphatic heterocycles. The highest BCUT2D eigenvalue weighted by molar-refractivity contribution is 5.77. The molecule has 1 amide bonds. The first-order valence-electron chi connectivity index (χ1n) is 4.97. The Balaban J connectivity index is 2.20. The summed E-state index contributed by atoms with van der Waals surface area (Å²) in [6, 6.07) is 1.83. The molecule has 0 saturated heterocycles. The maximum Gasteiger partial charge on any atom is 0.234 e. The van der Waals surface area contributed by atoms with Crippen molar-refractivity contribution >= 4 is 5.91 Å². The van der Waals surface area contributed by atoms with E-state index in [1.807, 2.05) is 26.8 Å². The van der Waals surface area contributed by atoms with E-state index < -0.39 is 0 Å². The molecule has 0 unspecified atom stereocenters. The van der Waals surface area contributed by atoms with Crippen molar-refractivity contribution in [3.63, 3.8) is 0 Å². The van der Waals surface area contributed by atoms with Gasteiger partial charge in [0.25, 0.3) is 0 Å². The molecule has 5 heteroatoms. The van der Waals surface area contributed by atoms with Gasteiger partial charge < -0.3 is 10.6 Å². The summed E-state index contributed by atoms with van der Waals surface area (Å²) < 4.78 is 0. The largest absolute Gasteiger partial charge is 0.349 e. The molecule has 1 heterocycles. The quantitative estimate of drug-likeness (QED) is 0.674. The van der Waals surface area contributed by atoms with Crippen LogP contribution in [0.1, 0.15) is 26.5 Å². The van der Waals surface area contributed by atoms with Gasteiger partial charge in [-0.2, -0.15) is 5.10 Å². The zero-order chi connectivity index (χ0) is 11.3. The maximum atomic E-state index is 11.4. The van der Waals surface area contributed by atoms with Crippen LogP contribution in [0.3, 0.4) is 0 Å². The number of nitrogens with one attached hydrogen (secondary N) is 3. The molecule has 3 N–H and O–H groups in total. The lowest BCUT2D eigenvalue weighted by Crippen LogP contribution is -2.43. The van der Waals surface area contributed by atoms with Gasteiger partial charge in [-0.05, 0) is 26.8 Å². The molecule has 0 bridgehead atoms. The Labute approximate surface area is 89.6 Å². The Morgan fingerprint density at radius 2 is 2.27 bits per heavy atom. The number of amides is 1. The third kappa shape index (κ3) is 5.17. The van der Waals surface area contributed by atoms with Crippen LogP contribution in [0.4, 0.5) is 0 Å². The first-order chi connectivity index (χ1) is 6.97. The predicted molar refractivity (Wildman–Crippen MR) is 58.2 cm³/mol. The van der Waals surface area contributed by atoms with Gasteiger partial charge in [-0.15, -0.1) is 0 Å². The standard InChI is InChI=1S/C10H18N4O/c1-10(2,3)12-7-9(15)11-6-8-4-5-13-14-8/h4-5,12H,6-7H2,1-3H3,(H,11,15)(H,13,14). The summed E-state index contributed by atoms with van der Waals surface area (Å²) >= 11 is 0. The molecule has 0 fully saturated rings. The third-order valence-electron chi connectivity index (χ3n) is 1.81. The van der Waals surface area contributed by atoms with Gasteiger partial charge in [0.15, 0.2) is 0 Å². The summed E-state index contributed by atoms with van der Waals surface area (Å²) in [6.45, 7) is 6.89. The number of aromatic amines is 1. The van der Waals surface area contributed by atoms with Crippen molar-refractivity contribution in [1.82, 2.24) is 20.8 Å². The molecule has 15 heavy (non-hydrogen) atoms. The van der Waals surface area contributed by atoms with Crippen LogP contribution in [0.5, 0.6) is 0 Å². The fourth-order valence-electron chi connectivity index (χ4n) is 0.985. The highest BCUT2D eigenvalue weighted by Crippen LogP contribution is 1.96. The number of nitrogens with zero attached hydrogens (tertiary/aromatic N) is 1. The highest BCUT2D eigenvalue weighted by atomic mass is 16.1. The smallest absolute Gasteiger partial charge is 0.234 e. The molecule has 0 aromatic carbocycles. The van der Waals surface area contributed by atoms with Gasteiger partial charge in [0, 0.05) is 11.7 Å². The molecule has 84 valence electrons. The minimum atomic E-state index is -0.0364. The van der Waals surface area contributed by atoms with Crippen molar-refractivity contribution in [2.45, 2.75) is 32.9 Å². The molecule has 0 aliphatic carbocycles. The van der Waals surface area contributed by atoms with Crippen molar-refractivity contribution < 1.29 is 4.79 Å². The van der Waals surface area contributed by atoms with E-state index in [4.69, 9.17) is 0 Å². The average Bonchev–Trinajstić information content (AvgIpc) is 2.62. The number of carbonyl (C=O) groups is 1. The van der Waals surface area contributed by atoms with E-state index >= 15 is 0 Å². The van der Waals surface area contributed by atoms with E-state index in [1.165, 1.54) is 0 Å². The molecule has 0 radical (unpaired) electrons. The summed E-state index contributed by atoms with van der Waals surface area (Å²) in [7, 11) is 0. The van der Waals surface area contributed by atoms with Crippen LogP contribution in [0.25, 0.3) is 0 Å². The number of H-pyrrole nitrogens is 1. The Morgan fingerprint density at radius 1 is 1.53 bits per heavy atom. The van der Waals surface area contributed by atoms with E-state index in [-0.39, 0.29) is 11.4 Å². The number of rotatable bonds is 4. The van der Waals surface area contributed by atoms with Crippen molar-refractivity contribution in [3.8, 4) is 0 Å². The van der Waals surface area contributed by atoms with E-state index in [2.05, 4.69) is 20.8 Å². The molecule has 0 atom stereocenters. The molecule has 1 rings (SSSR count). The lowest BCUT2D eigenvalue weighted by atomic mass is 10.1. The third-order valence-corrected chi connectivity index (χ3v) is 1.81. The molecule has 0 aliphatic rings. The first kappa shape index (κ1) is 11.7. The lowest BCUT2D eigenvalue weighted by Gasteiger charge is -2.19. The maximum absolute atomic E-state index is 11.4. The van der Waals surface area contributed by atoms with Crippen LogP contribution in [0.2, 0.25) is 0 Å². The number of hydrogen-bond acceptors (Lipinski definition) is 3. The fourth-order valence-corrected chi connectivity index (χ4v) is 0.985. The van der Waals surface area contributed by atoms with Gasteiger partial charge in [0.2, 0.25) is 5.91 Å². The van der Waals surface area contributed by atoms with Crippen LogP contribution in [-0.4, -0.2) is 28.2 Å². The summed E-state index contributed by atoms with van der Waals surface area (Å²) in [4.78, 5) is 11.4. The van der Waals surface area contributed by atoms with E-state index in [9.17, 15) is 4.79 Å². The number of carbonyl (C=O) groups excluding carboxylic acids is 1. The Bertz CT molecular complexity index is 300. The Morgan fingerprint density at radius 3 is 2.80 bits per heavy atom. The second kappa shape index (κ2) is 4.93. The first-order valence-corrected chi connectivity index (χ1v) is 4.97. The normalized spacial score (nSPS) is 11.4. The highest BCUT2D eigenvalue weighted by Gasteiger charge is 2.10. The molecule has 0 saturated carbocycles. The Kier molecular flexibility index (Phi) is 3.85. The zero-order valence-corrected chi connectivity index (χ0v) is 9.42. The molecule has 1 aromatic rings. The van der Waals surface area contributed by atoms with E-state index in [0.29, 0.717) is 13.1 Å². The zero-order valence-electron chi connectivity index (χ0n) is 9.42. The second-order valence-corrected chi connectivity index (χ2v) is 4.46. The number of aromatic nitrogens is 2. The van der Waals surface area contributed by atoms with Crippen LogP contribution in [-0.2, 0) is 11.3 Å². The van der Waals surface area contributed by atoms with Gasteiger partial charge in [-0.25, -0.2) is 0 Å². The van der Waals surface area contributed by atoms with Crippen molar-refractivity contribution in [2.75, 3.05) is 6.54 Å². The fraction of sp³-hybridized carbons (Fsp3) is 0.600. The minimum Gasteiger partial charge on any atom is -0.349 e.